The van der Waals surface area contributed by atoms with Gasteiger partial charge in [-0.2, -0.15) is 0 Å². The molecule has 2 aromatic rings. The monoisotopic (exact) mass is 384 g/mol. The van der Waals surface area contributed by atoms with Crippen molar-refractivity contribution in [2.45, 2.75) is 43.8 Å². The summed E-state index contributed by atoms with van der Waals surface area (Å²) in [6.45, 7) is 1.12. The molecule has 28 heavy (non-hydrogen) atoms. The first-order valence-corrected chi connectivity index (χ1v) is 9.81. The summed E-state index contributed by atoms with van der Waals surface area (Å²) < 4.78 is 18.9. The van der Waals surface area contributed by atoms with Gasteiger partial charge in [-0.3, -0.25) is 15.2 Å². The zero-order valence-corrected chi connectivity index (χ0v) is 15.7. The highest BCUT2D eigenvalue weighted by Crippen LogP contribution is 2.30. The Balaban J connectivity index is 1.35. The van der Waals surface area contributed by atoms with Gasteiger partial charge < -0.3 is 9.64 Å². The third kappa shape index (κ3) is 4.31. The van der Waals surface area contributed by atoms with Crippen LogP contribution in [0.3, 0.4) is 0 Å². The van der Waals surface area contributed by atoms with E-state index in [-0.39, 0.29) is 29.8 Å². The summed E-state index contributed by atoms with van der Waals surface area (Å²) in [4.78, 5) is 19.6. The van der Waals surface area contributed by atoms with Gasteiger partial charge in [-0.15, -0.1) is 0 Å². The van der Waals surface area contributed by atoms with Crippen molar-refractivity contribution in [3.63, 3.8) is 0 Å². The SMILES string of the molecule is O=C(C1CC(COc2cccc(F)c2)NN1)N1CCCCC1c1ccccn1. The van der Waals surface area contributed by atoms with Crippen molar-refractivity contribution in [3.8, 4) is 5.75 Å². The number of hydrogen-bond donors (Lipinski definition) is 2. The van der Waals surface area contributed by atoms with Crippen LogP contribution in [0.4, 0.5) is 4.39 Å². The van der Waals surface area contributed by atoms with E-state index in [9.17, 15) is 9.18 Å². The molecule has 1 aromatic carbocycles. The van der Waals surface area contributed by atoms with Crippen LogP contribution in [0.5, 0.6) is 5.75 Å². The number of carbonyl (C=O) groups is 1. The molecule has 2 saturated heterocycles. The molecule has 0 bridgehead atoms. The molecule has 4 rings (SSSR count). The quantitative estimate of drug-likeness (QED) is 0.830. The fraction of sp³-hybridized carbons (Fsp3) is 0.429. The number of carbonyl (C=O) groups excluding carboxylic acids is 1. The summed E-state index contributed by atoms with van der Waals surface area (Å²) >= 11 is 0. The largest absolute Gasteiger partial charge is 0.492 e. The number of likely N-dealkylation sites (tertiary alicyclic amines) is 1. The molecule has 2 aliphatic rings. The van der Waals surface area contributed by atoms with Crippen molar-refractivity contribution in [3.05, 3.63) is 60.2 Å². The molecule has 0 saturated carbocycles. The summed E-state index contributed by atoms with van der Waals surface area (Å²) in [7, 11) is 0. The predicted octanol–water partition coefficient (Wildman–Crippen LogP) is 2.59. The lowest BCUT2D eigenvalue weighted by Gasteiger charge is -2.36. The summed E-state index contributed by atoms with van der Waals surface area (Å²) in [5, 5.41) is 0. The Morgan fingerprint density at radius 1 is 1.21 bits per heavy atom. The molecule has 7 heteroatoms. The fourth-order valence-corrected chi connectivity index (χ4v) is 3.92. The number of rotatable bonds is 5. The summed E-state index contributed by atoms with van der Waals surface area (Å²) in [5.41, 5.74) is 7.19. The molecular weight excluding hydrogens is 359 g/mol. The minimum atomic E-state index is -0.325. The smallest absolute Gasteiger partial charge is 0.241 e. The summed E-state index contributed by atoms with van der Waals surface area (Å²) in [6, 6.07) is 11.6. The molecular formula is C21H25FN4O2. The third-order valence-corrected chi connectivity index (χ3v) is 5.34. The Bertz CT molecular complexity index is 804. The minimum absolute atomic E-state index is 0.0182. The van der Waals surface area contributed by atoms with Crippen LogP contribution in [0.15, 0.2) is 48.7 Å². The molecule has 1 amide bonds. The number of halogens is 1. The van der Waals surface area contributed by atoms with Gasteiger partial charge in [-0.05, 0) is 49.9 Å². The molecule has 148 valence electrons. The number of nitrogens with one attached hydrogen (secondary N) is 2. The van der Waals surface area contributed by atoms with Crippen LogP contribution < -0.4 is 15.6 Å². The average molecular weight is 384 g/mol. The molecule has 2 aliphatic heterocycles. The van der Waals surface area contributed by atoms with Crippen molar-refractivity contribution >= 4 is 5.91 Å². The molecule has 0 aliphatic carbocycles. The van der Waals surface area contributed by atoms with Gasteiger partial charge in [-0.1, -0.05) is 12.1 Å². The van der Waals surface area contributed by atoms with Gasteiger partial charge in [0.05, 0.1) is 17.8 Å². The van der Waals surface area contributed by atoms with E-state index < -0.39 is 0 Å². The topological polar surface area (TPSA) is 66.5 Å². The van der Waals surface area contributed by atoms with Crippen LogP contribution in [0, 0.1) is 5.82 Å². The van der Waals surface area contributed by atoms with Crippen molar-refractivity contribution in [2.24, 2.45) is 0 Å². The molecule has 3 unspecified atom stereocenters. The number of piperidine rings is 1. The van der Waals surface area contributed by atoms with E-state index in [0.717, 1.165) is 31.5 Å². The van der Waals surface area contributed by atoms with Crippen molar-refractivity contribution < 1.29 is 13.9 Å². The zero-order valence-electron chi connectivity index (χ0n) is 15.7. The summed E-state index contributed by atoms with van der Waals surface area (Å²) in [6.07, 6.45) is 5.46. The Morgan fingerprint density at radius 2 is 2.14 bits per heavy atom. The van der Waals surface area contributed by atoms with Crippen molar-refractivity contribution in [1.29, 1.82) is 0 Å². The maximum Gasteiger partial charge on any atom is 0.241 e. The van der Waals surface area contributed by atoms with E-state index in [1.165, 1.54) is 12.1 Å². The fourth-order valence-electron chi connectivity index (χ4n) is 3.92. The molecule has 2 N–H and O–H groups in total. The van der Waals surface area contributed by atoms with Gasteiger partial charge in [-0.25, -0.2) is 9.82 Å². The molecule has 3 atom stereocenters. The normalized spacial score (nSPS) is 24.9. The lowest BCUT2D eigenvalue weighted by atomic mass is 9.97. The first-order valence-electron chi connectivity index (χ1n) is 9.81. The molecule has 0 radical (unpaired) electrons. The Kier molecular flexibility index (Phi) is 5.83. The lowest BCUT2D eigenvalue weighted by molar-refractivity contribution is -0.137. The second-order valence-electron chi connectivity index (χ2n) is 7.34. The number of ether oxygens (including phenoxy) is 1. The van der Waals surface area contributed by atoms with Gasteiger partial charge in [0, 0.05) is 18.8 Å². The number of hydrogen-bond acceptors (Lipinski definition) is 5. The van der Waals surface area contributed by atoms with Gasteiger partial charge in [0.2, 0.25) is 5.91 Å². The van der Waals surface area contributed by atoms with E-state index in [1.54, 1.807) is 18.3 Å². The molecule has 1 aromatic heterocycles. The maximum absolute atomic E-state index is 13.3. The first-order chi connectivity index (χ1) is 13.7. The Labute approximate surface area is 164 Å². The number of hydrazine groups is 1. The predicted molar refractivity (Wildman–Crippen MR) is 103 cm³/mol. The molecule has 6 nitrogen and oxygen atoms in total. The highest BCUT2D eigenvalue weighted by atomic mass is 19.1. The van der Waals surface area contributed by atoms with Crippen LogP contribution in [-0.2, 0) is 4.79 Å². The van der Waals surface area contributed by atoms with Crippen LogP contribution in [0.2, 0.25) is 0 Å². The van der Waals surface area contributed by atoms with E-state index in [2.05, 4.69) is 15.8 Å². The first kappa shape index (κ1) is 18.8. The van der Waals surface area contributed by atoms with Crippen molar-refractivity contribution in [1.82, 2.24) is 20.7 Å². The Hall–Kier alpha value is -2.51. The molecule has 2 fully saturated rings. The Morgan fingerprint density at radius 3 is 2.96 bits per heavy atom. The second-order valence-corrected chi connectivity index (χ2v) is 7.34. The van der Waals surface area contributed by atoms with Crippen LogP contribution in [-0.4, -0.2) is 41.0 Å². The minimum Gasteiger partial charge on any atom is -0.492 e. The number of pyridine rings is 1. The standard InChI is InChI=1S/C21H25FN4O2/c22-15-6-5-7-17(12-15)28-14-16-13-19(25-24-16)21(27)26-11-4-2-9-20(26)18-8-1-3-10-23-18/h1,3,5-8,10,12,16,19-20,24-25H,2,4,9,11,13-14H2. The van der Waals surface area contributed by atoms with E-state index >= 15 is 0 Å². The molecule has 3 heterocycles. The maximum atomic E-state index is 13.3. The van der Waals surface area contributed by atoms with Crippen molar-refractivity contribution in [2.75, 3.05) is 13.2 Å². The summed E-state index contributed by atoms with van der Waals surface area (Å²) in [5.74, 6) is 0.257. The number of benzene rings is 1. The van der Waals surface area contributed by atoms with Crippen LogP contribution in [0.25, 0.3) is 0 Å². The third-order valence-electron chi connectivity index (χ3n) is 5.34. The van der Waals surface area contributed by atoms with Crippen LogP contribution >= 0.6 is 0 Å². The van der Waals surface area contributed by atoms with E-state index in [1.807, 2.05) is 23.1 Å². The second kappa shape index (κ2) is 8.67. The molecule has 0 spiro atoms. The highest BCUT2D eigenvalue weighted by molar-refractivity contribution is 5.82. The lowest BCUT2D eigenvalue weighted by Crippen LogP contribution is -2.48. The van der Waals surface area contributed by atoms with Crippen LogP contribution in [0.1, 0.15) is 37.4 Å². The van der Waals surface area contributed by atoms with Gasteiger partial charge in [0.1, 0.15) is 24.2 Å². The van der Waals surface area contributed by atoms with E-state index in [0.29, 0.717) is 18.8 Å². The van der Waals surface area contributed by atoms with Gasteiger partial charge in [0.25, 0.3) is 0 Å². The number of amides is 1. The average Bonchev–Trinajstić information content (AvgIpc) is 3.21. The van der Waals surface area contributed by atoms with E-state index in [4.69, 9.17) is 4.74 Å². The zero-order chi connectivity index (χ0) is 19.3. The van der Waals surface area contributed by atoms with Gasteiger partial charge in [0.15, 0.2) is 0 Å². The highest BCUT2D eigenvalue weighted by Gasteiger charge is 2.37. The van der Waals surface area contributed by atoms with Gasteiger partial charge >= 0.3 is 0 Å². The number of nitrogens with zero attached hydrogens (tertiary/aromatic N) is 2. The number of aromatic nitrogens is 1.